The van der Waals surface area contributed by atoms with Crippen LogP contribution in [0.15, 0.2) is 12.2 Å². The van der Waals surface area contributed by atoms with Gasteiger partial charge in [-0.3, -0.25) is 0 Å². The quantitative estimate of drug-likeness (QED) is 0.572. The number of allylic oxidation sites excluding steroid dienone is 1. The van der Waals surface area contributed by atoms with E-state index >= 15 is 0 Å². The molecule has 1 unspecified atom stereocenters. The minimum absolute atomic E-state index is 0.0225. The summed E-state index contributed by atoms with van der Waals surface area (Å²) in [5.74, 6) is 0. The zero-order valence-electron chi connectivity index (χ0n) is 9.03. The Labute approximate surface area is 94.3 Å². The van der Waals surface area contributed by atoms with Gasteiger partial charge in [-0.15, -0.1) is 0 Å². The topological polar surface area (TPSA) is 79.2 Å². The van der Waals surface area contributed by atoms with Gasteiger partial charge in [0.05, 0.1) is 12.7 Å². The molecule has 0 aromatic carbocycles. The van der Waals surface area contributed by atoms with E-state index in [1.165, 1.54) is 0 Å². The van der Waals surface area contributed by atoms with Gasteiger partial charge < -0.3 is 24.8 Å². The molecular formula is C11H18O5. The summed E-state index contributed by atoms with van der Waals surface area (Å²) < 4.78 is 10.8. The van der Waals surface area contributed by atoms with Crippen LogP contribution in [-0.4, -0.2) is 52.6 Å². The van der Waals surface area contributed by atoms with E-state index in [4.69, 9.17) is 14.6 Å². The van der Waals surface area contributed by atoms with Crippen LogP contribution in [0.2, 0.25) is 0 Å². The van der Waals surface area contributed by atoms with E-state index in [1.807, 2.05) is 6.08 Å². The Hall–Kier alpha value is -0.460. The van der Waals surface area contributed by atoms with Crippen molar-refractivity contribution in [2.75, 3.05) is 6.61 Å². The Morgan fingerprint density at radius 3 is 2.62 bits per heavy atom. The molecule has 2 aliphatic rings. The first-order valence-corrected chi connectivity index (χ1v) is 5.65. The maximum atomic E-state index is 9.66. The van der Waals surface area contributed by atoms with Gasteiger partial charge in [-0.1, -0.05) is 12.2 Å². The lowest BCUT2D eigenvalue weighted by atomic mass is 10.0. The molecule has 0 aromatic heterocycles. The summed E-state index contributed by atoms with van der Waals surface area (Å²) in [4.78, 5) is 0. The minimum atomic E-state index is -1.08. The number of ether oxygens (including phenoxy) is 2. The first-order valence-electron chi connectivity index (χ1n) is 5.65. The fourth-order valence-electron chi connectivity index (χ4n) is 2.06. The van der Waals surface area contributed by atoms with Crippen molar-refractivity contribution in [2.24, 2.45) is 0 Å². The molecule has 5 heteroatoms. The Morgan fingerprint density at radius 1 is 1.25 bits per heavy atom. The second kappa shape index (κ2) is 5.25. The van der Waals surface area contributed by atoms with Crippen LogP contribution in [0.5, 0.6) is 0 Å². The smallest absolute Gasteiger partial charge is 0.186 e. The first-order chi connectivity index (χ1) is 7.72. The largest absolute Gasteiger partial charge is 0.394 e. The van der Waals surface area contributed by atoms with Crippen molar-refractivity contribution in [3.8, 4) is 0 Å². The SMILES string of the molecule is OC[C@H]1O[C@@H](OC2CC=CCC2)[C@H](O)[C@@H]1O. The average molecular weight is 230 g/mol. The summed E-state index contributed by atoms with van der Waals surface area (Å²) >= 11 is 0. The second-order valence-electron chi connectivity index (χ2n) is 4.25. The lowest BCUT2D eigenvalue weighted by Gasteiger charge is -2.24. The highest BCUT2D eigenvalue weighted by molar-refractivity contribution is 4.92. The molecule has 92 valence electrons. The minimum Gasteiger partial charge on any atom is -0.394 e. The second-order valence-corrected chi connectivity index (χ2v) is 4.25. The zero-order chi connectivity index (χ0) is 11.5. The summed E-state index contributed by atoms with van der Waals surface area (Å²) in [7, 11) is 0. The van der Waals surface area contributed by atoms with Crippen molar-refractivity contribution in [1.82, 2.24) is 0 Å². The lowest BCUT2D eigenvalue weighted by Crippen LogP contribution is -2.36. The van der Waals surface area contributed by atoms with Gasteiger partial charge in [-0.05, 0) is 19.3 Å². The number of rotatable bonds is 3. The highest BCUT2D eigenvalue weighted by Crippen LogP contribution is 2.25. The first kappa shape index (κ1) is 12.0. The van der Waals surface area contributed by atoms with Gasteiger partial charge in [0.25, 0.3) is 0 Å². The predicted molar refractivity (Wildman–Crippen MR) is 55.6 cm³/mol. The molecule has 1 heterocycles. The lowest BCUT2D eigenvalue weighted by molar-refractivity contribution is -0.194. The fraction of sp³-hybridized carbons (Fsp3) is 0.818. The molecule has 1 fully saturated rings. The monoisotopic (exact) mass is 230 g/mol. The molecule has 3 N–H and O–H groups in total. The van der Waals surface area contributed by atoms with Crippen LogP contribution in [0, 0.1) is 0 Å². The standard InChI is InChI=1S/C11H18O5/c12-6-8-9(13)10(14)11(16-8)15-7-4-2-1-3-5-7/h1-2,7-14H,3-6H2/t7?,8-,9-,10-,11-/m1/s1. The van der Waals surface area contributed by atoms with Crippen LogP contribution in [0.1, 0.15) is 19.3 Å². The molecule has 16 heavy (non-hydrogen) atoms. The molecule has 1 aliphatic heterocycles. The summed E-state index contributed by atoms with van der Waals surface area (Å²) in [6, 6.07) is 0. The zero-order valence-corrected chi connectivity index (χ0v) is 9.03. The third-order valence-corrected chi connectivity index (χ3v) is 3.05. The number of hydrogen-bond donors (Lipinski definition) is 3. The van der Waals surface area contributed by atoms with E-state index in [1.54, 1.807) is 0 Å². The normalized spacial score (nSPS) is 43.8. The molecule has 0 radical (unpaired) electrons. The Balaban J connectivity index is 1.88. The molecule has 0 amide bonds. The summed E-state index contributed by atoms with van der Waals surface area (Å²) in [6.45, 7) is -0.317. The maximum Gasteiger partial charge on any atom is 0.186 e. The van der Waals surface area contributed by atoms with Crippen molar-refractivity contribution in [2.45, 2.75) is 50.0 Å². The third-order valence-electron chi connectivity index (χ3n) is 3.05. The summed E-state index contributed by atoms with van der Waals surface area (Å²) in [6.07, 6.45) is 3.07. The molecule has 0 saturated carbocycles. The molecule has 5 nitrogen and oxygen atoms in total. The molecule has 0 bridgehead atoms. The van der Waals surface area contributed by atoms with Crippen LogP contribution >= 0.6 is 0 Å². The van der Waals surface area contributed by atoms with Gasteiger partial charge in [-0.2, -0.15) is 0 Å². The van der Waals surface area contributed by atoms with Crippen molar-refractivity contribution >= 4 is 0 Å². The third kappa shape index (κ3) is 2.44. The highest BCUT2D eigenvalue weighted by atomic mass is 16.7. The molecular weight excluding hydrogens is 212 g/mol. The Kier molecular flexibility index (Phi) is 3.94. The van der Waals surface area contributed by atoms with E-state index in [2.05, 4.69) is 6.08 Å². The highest BCUT2D eigenvalue weighted by Gasteiger charge is 2.43. The van der Waals surface area contributed by atoms with Gasteiger partial charge in [0.2, 0.25) is 0 Å². The van der Waals surface area contributed by atoms with Crippen molar-refractivity contribution in [3.63, 3.8) is 0 Å². The van der Waals surface area contributed by atoms with Crippen LogP contribution < -0.4 is 0 Å². The van der Waals surface area contributed by atoms with E-state index < -0.39 is 24.6 Å². The van der Waals surface area contributed by atoms with Gasteiger partial charge in [-0.25, -0.2) is 0 Å². The van der Waals surface area contributed by atoms with Gasteiger partial charge in [0.1, 0.15) is 18.3 Å². The van der Waals surface area contributed by atoms with E-state index in [9.17, 15) is 10.2 Å². The van der Waals surface area contributed by atoms with Crippen LogP contribution in [0.3, 0.4) is 0 Å². The average Bonchev–Trinajstić information content (AvgIpc) is 2.58. The van der Waals surface area contributed by atoms with Crippen LogP contribution in [0.4, 0.5) is 0 Å². The molecule has 2 rings (SSSR count). The maximum absolute atomic E-state index is 9.66. The van der Waals surface area contributed by atoms with Crippen LogP contribution in [0.25, 0.3) is 0 Å². The summed E-state index contributed by atoms with van der Waals surface area (Å²) in [5.41, 5.74) is 0. The van der Waals surface area contributed by atoms with E-state index in [0.717, 1.165) is 19.3 Å². The Morgan fingerprint density at radius 2 is 2.06 bits per heavy atom. The van der Waals surface area contributed by atoms with E-state index in [-0.39, 0.29) is 12.7 Å². The predicted octanol–water partition coefficient (Wildman–Crippen LogP) is -0.449. The van der Waals surface area contributed by atoms with Crippen molar-refractivity contribution in [1.29, 1.82) is 0 Å². The van der Waals surface area contributed by atoms with Gasteiger partial charge in [0, 0.05) is 0 Å². The van der Waals surface area contributed by atoms with E-state index in [0.29, 0.717) is 0 Å². The number of aliphatic hydroxyl groups is 3. The molecule has 1 saturated heterocycles. The summed E-state index contributed by atoms with van der Waals surface area (Å²) in [5, 5.41) is 28.1. The molecule has 5 atom stereocenters. The number of aliphatic hydroxyl groups excluding tert-OH is 3. The van der Waals surface area contributed by atoms with Crippen molar-refractivity contribution < 1.29 is 24.8 Å². The van der Waals surface area contributed by atoms with Crippen LogP contribution in [-0.2, 0) is 9.47 Å². The Bertz CT molecular complexity index is 255. The van der Waals surface area contributed by atoms with Crippen molar-refractivity contribution in [3.05, 3.63) is 12.2 Å². The molecule has 0 spiro atoms. The molecule has 1 aliphatic carbocycles. The van der Waals surface area contributed by atoms with Gasteiger partial charge >= 0.3 is 0 Å². The number of hydrogen-bond acceptors (Lipinski definition) is 5. The fourth-order valence-corrected chi connectivity index (χ4v) is 2.06. The van der Waals surface area contributed by atoms with Gasteiger partial charge in [0.15, 0.2) is 6.29 Å². The molecule has 0 aromatic rings.